The van der Waals surface area contributed by atoms with Crippen molar-refractivity contribution in [1.82, 2.24) is 4.90 Å². The van der Waals surface area contributed by atoms with Gasteiger partial charge >= 0.3 is 0 Å². The molecule has 1 aromatic carbocycles. The minimum absolute atomic E-state index is 0.0126. The normalized spacial score (nSPS) is 10.8. The minimum Gasteiger partial charge on any atom is -0.332 e. The third kappa shape index (κ3) is 3.73. The Bertz CT molecular complexity index is 424. The van der Waals surface area contributed by atoms with E-state index in [0.29, 0.717) is 5.56 Å². The number of alkyl halides is 2. The van der Waals surface area contributed by atoms with Gasteiger partial charge in [0.15, 0.2) is 0 Å². The Morgan fingerprint density at radius 3 is 2.61 bits per heavy atom. The fourth-order valence-electron chi connectivity index (χ4n) is 1.51. The lowest BCUT2D eigenvalue weighted by Crippen LogP contribution is -2.38. The van der Waals surface area contributed by atoms with Crippen LogP contribution in [-0.4, -0.2) is 36.9 Å². The molecule has 0 aliphatic heterocycles. The molecule has 100 valence electrons. The fourth-order valence-corrected chi connectivity index (χ4v) is 1.51. The van der Waals surface area contributed by atoms with Crippen LogP contribution in [0, 0.1) is 12.7 Å². The molecule has 0 atom stereocenters. The second kappa shape index (κ2) is 6.39. The van der Waals surface area contributed by atoms with E-state index in [1.165, 1.54) is 12.1 Å². The number of carbonyl (C=O) groups excluding carboxylic acids is 1. The van der Waals surface area contributed by atoms with Gasteiger partial charge in [0, 0.05) is 18.7 Å². The van der Waals surface area contributed by atoms with Crippen molar-refractivity contribution in [3.05, 3.63) is 35.1 Å². The molecule has 0 saturated heterocycles. The standard InChI is InChI=1S/C12H15F3N2O/c1-8-2-3-9(6-10(8)13)12(18)17(5-4-16)7-11(14)15/h2-3,6,11H,4-5,7,16H2,1H3. The molecule has 0 radical (unpaired) electrons. The number of aryl methyl sites for hydroxylation is 1. The lowest BCUT2D eigenvalue weighted by atomic mass is 10.1. The molecular formula is C12H15F3N2O. The number of rotatable bonds is 5. The zero-order valence-electron chi connectivity index (χ0n) is 10.00. The highest BCUT2D eigenvalue weighted by Crippen LogP contribution is 2.12. The van der Waals surface area contributed by atoms with Crippen molar-refractivity contribution in [3.8, 4) is 0 Å². The molecule has 6 heteroatoms. The largest absolute Gasteiger partial charge is 0.332 e. The molecule has 1 rings (SSSR count). The van der Waals surface area contributed by atoms with Crippen LogP contribution in [0.25, 0.3) is 0 Å². The van der Waals surface area contributed by atoms with Crippen LogP contribution in [0.1, 0.15) is 15.9 Å². The molecule has 18 heavy (non-hydrogen) atoms. The predicted molar refractivity (Wildman–Crippen MR) is 62.1 cm³/mol. The van der Waals surface area contributed by atoms with E-state index in [1.54, 1.807) is 6.92 Å². The van der Waals surface area contributed by atoms with Crippen LogP contribution in [-0.2, 0) is 0 Å². The highest BCUT2D eigenvalue weighted by molar-refractivity contribution is 5.94. The molecule has 0 spiro atoms. The third-order valence-electron chi connectivity index (χ3n) is 2.46. The number of nitrogens with zero attached hydrogens (tertiary/aromatic N) is 1. The molecular weight excluding hydrogens is 245 g/mol. The molecule has 2 N–H and O–H groups in total. The number of halogens is 3. The fraction of sp³-hybridized carbons (Fsp3) is 0.417. The van der Waals surface area contributed by atoms with Crippen molar-refractivity contribution >= 4 is 5.91 Å². The van der Waals surface area contributed by atoms with E-state index in [2.05, 4.69) is 0 Å². The van der Waals surface area contributed by atoms with Crippen molar-refractivity contribution in [1.29, 1.82) is 0 Å². The van der Waals surface area contributed by atoms with Crippen LogP contribution >= 0.6 is 0 Å². The van der Waals surface area contributed by atoms with Gasteiger partial charge in [-0.25, -0.2) is 13.2 Å². The summed E-state index contributed by atoms with van der Waals surface area (Å²) >= 11 is 0. The molecule has 0 unspecified atom stereocenters. The van der Waals surface area contributed by atoms with Crippen LogP contribution < -0.4 is 5.73 Å². The molecule has 0 aromatic heterocycles. The van der Waals surface area contributed by atoms with E-state index in [1.807, 2.05) is 0 Å². The van der Waals surface area contributed by atoms with Gasteiger partial charge in [-0.1, -0.05) is 6.07 Å². The first-order valence-electron chi connectivity index (χ1n) is 5.49. The second-order valence-corrected chi connectivity index (χ2v) is 3.89. The average Bonchev–Trinajstić information content (AvgIpc) is 2.31. The first-order valence-corrected chi connectivity index (χ1v) is 5.49. The van der Waals surface area contributed by atoms with E-state index < -0.39 is 24.7 Å². The van der Waals surface area contributed by atoms with E-state index in [0.717, 1.165) is 11.0 Å². The number of hydrogen-bond donors (Lipinski definition) is 1. The molecule has 0 saturated carbocycles. The highest BCUT2D eigenvalue weighted by atomic mass is 19.3. The smallest absolute Gasteiger partial charge is 0.255 e. The van der Waals surface area contributed by atoms with E-state index >= 15 is 0 Å². The summed E-state index contributed by atoms with van der Waals surface area (Å²) in [4.78, 5) is 12.8. The number of benzene rings is 1. The Labute approximate surface area is 103 Å². The van der Waals surface area contributed by atoms with Gasteiger partial charge in [0.2, 0.25) is 0 Å². The highest BCUT2D eigenvalue weighted by Gasteiger charge is 2.19. The summed E-state index contributed by atoms with van der Waals surface area (Å²) in [6.07, 6.45) is -2.64. The monoisotopic (exact) mass is 260 g/mol. The second-order valence-electron chi connectivity index (χ2n) is 3.89. The van der Waals surface area contributed by atoms with Crippen LogP contribution in [0.5, 0.6) is 0 Å². The number of hydrogen-bond acceptors (Lipinski definition) is 2. The van der Waals surface area contributed by atoms with Gasteiger partial charge < -0.3 is 10.6 Å². The summed E-state index contributed by atoms with van der Waals surface area (Å²) < 4.78 is 37.9. The zero-order valence-corrected chi connectivity index (χ0v) is 10.00. The van der Waals surface area contributed by atoms with Gasteiger partial charge in [0.25, 0.3) is 12.3 Å². The van der Waals surface area contributed by atoms with Crippen molar-refractivity contribution in [3.63, 3.8) is 0 Å². The van der Waals surface area contributed by atoms with Crippen molar-refractivity contribution in [2.24, 2.45) is 5.73 Å². The molecule has 0 aliphatic carbocycles. The summed E-state index contributed by atoms with van der Waals surface area (Å²) in [7, 11) is 0. The maximum Gasteiger partial charge on any atom is 0.255 e. The van der Waals surface area contributed by atoms with Gasteiger partial charge in [0.05, 0.1) is 6.54 Å². The third-order valence-corrected chi connectivity index (χ3v) is 2.46. The van der Waals surface area contributed by atoms with Crippen molar-refractivity contribution < 1.29 is 18.0 Å². The van der Waals surface area contributed by atoms with Crippen LogP contribution in [0.2, 0.25) is 0 Å². The lowest BCUT2D eigenvalue weighted by molar-refractivity contribution is 0.0562. The number of carbonyl (C=O) groups is 1. The van der Waals surface area contributed by atoms with Gasteiger partial charge in [0.1, 0.15) is 5.82 Å². The zero-order chi connectivity index (χ0) is 13.7. The maximum absolute atomic E-state index is 13.3. The molecule has 0 fully saturated rings. The number of nitrogens with two attached hydrogens (primary N) is 1. The first kappa shape index (κ1) is 14.5. The first-order chi connectivity index (χ1) is 8.45. The van der Waals surface area contributed by atoms with Crippen LogP contribution in [0.4, 0.5) is 13.2 Å². The van der Waals surface area contributed by atoms with E-state index in [9.17, 15) is 18.0 Å². The molecule has 0 heterocycles. The lowest BCUT2D eigenvalue weighted by Gasteiger charge is -2.21. The maximum atomic E-state index is 13.3. The van der Waals surface area contributed by atoms with E-state index in [-0.39, 0.29) is 18.7 Å². The Balaban J connectivity index is 2.90. The minimum atomic E-state index is -2.64. The van der Waals surface area contributed by atoms with Gasteiger partial charge in [-0.05, 0) is 24.6 Å². The summed E-state index contributed by atoms with van der Waals surface area (Å²) in [6, 6.07) is 3.90. The van der Waals surface area contributed by atoms with Crippen molar-refractivity contribution in [2.45, 2.75) is 13.3 Å². The quantitative estimate of drug-likeness (QED) is 0.877. The SMILES string of the molecule is Cc1ccc(C(=O)N(CCN)CC(F)F)cc1F. The predicted octanol–water partition coefficient (Wildman–Crippen LogP) is 1.80. The summed E-state index contributed by atoms with van der Waals surface area (Å²) in [5.41, 5.74) is 5.70. The van der Waals surface area contributed by atoms with Crippen molar-refractivity contribution in [2.75, 3.05) is 19.6 Å². The molecule has 3 nitrogen and oxygen atoms in total. The molecule has 0 aliphatic rings. The van der Waals surface area contributed by atoms with Crippen LogP contribution in [0.3, 0.4) is 0 Å². The van der Waals surface area contributed by atoms with Gasteiger partial charge in [-0.2, -0.15) is 0 Å². The average molecular weight is 260 g/mol. The Hall–Kier alpha value is -1.56. The molecule has 1 aromatic rings. The Morgan fingerprint density at radius 1 is 1.44 bits per heavy atom. The van der Waals surface area contributed by atoms with E-state index in [4.69, 9.17) is 5.73 Å². The molecule has 0 bridgehead atoms. The van der Waals surface area contributed by atoms with Gasteiger partial charge in [-0.15, -0.1) is 0 Å². The Kier molecular flexibility index (Phi) is 5.15. The number of amides is 1. The topological polar surface area (TPSA) is 46.3 Å². The van der Waals surface area contributed by atoms with Gasteiger partial charge in [-0.3, -0.25) is 4.79 Å². The van der Waals surface area contributed by atoms with Crippen LogP contribution in [0.15, 0.2) is 18.2 Å². The summed E-state index contributed by atoms with van der Waals surface area (Å²) in [5, 5.41) is 0. The Morgan fingerprint density at radius 2 is 2.11 bits per heavy atom. The summed E-state index contributed by atoms with van der Waals surface area (Å²) in [5.74, 6) is -1.18. The summed E-state index contributed by atoms with van der Waals surface area (Å²) in [6.45, 7) is 0.942. The molecule has 1 amide bonds.